The van der Waals surface area contributed by atoms with Crippen molar-refractivity contribution in [1.29, 1.82) is 0 Å². The Bertz CT molecular complexity index is 688. The molecule has 3 rings (SSSR count). The van der Waals surface area contributed by atoms with Crippen LogP contribution in [0.5, 0.6) is 0 Å². The van der Waals surface area contributed by atoms with Crippen LogP contribution in [0.1, 0.15) is 23.0 Å². The first-order valence-corrected chi connectivity index (χ1v) is 7.36. The lowest BCUT2D eigenvalue weighted by atomic mass is 10.1. The van der Waals surface area contributed by atoms with Gasteiger partial charge in [-0.15, -0.1) is 0 Å². The number of nitrogen functional groups attached to an aromatic ring is 1. The number of ketones is 1. The summed E-state index contributed by atoms with van der Waals surface area (Å²) in [6.07, 6.45) is 1.57. The average Bonchev–Trinajstić information content (AvgIpc) is 2.55. The lowest BCUT2D eigenvalue weighted by Crippen LogP contribution is -2.50. The van der Waals surface area contributed by atoms with Crippen LogP contribution in [0, 0.1) is 0 Å². The van der Waals surface area contributed by atoms with Gasteiger partial charge in [-0.05, 0) is 31.2 Å². The maximum atomic E-state index is 12.6. The van der Waals surface area contributed by atoms with Crippen LogP contribution in [0.4, 0.5) is 11.6 Å². The summed E-state index contributed by atoms with van der Waals surface area (Å²) in [7, 11) is 0. The normalized spacial score (nSPS) is 18.2. The number of pyridine rings is 2. The van der Waals surface area contributed by atoms with Gasteiger partial charge in [0.25, 0.3) is 0 Å². The van der Waals surface area contributed by atoms with Crippen LogP contribution in [0.15, 0.2) is 36.5 Å². The maximum absolute atomic E-state index is 12.6. The predicted octanol–water partition coefficient (Wildman–Crippen LogP) is 1.09. The van der Waals surface area contributed by atoms with E-state index in [1.165, 1.54) is 0 Å². The van der Waals surface area contributed by atoms with E-state index in [0.29, 0.717) is 17.3 Å². The summed E-state index contributed by atoms with van der Waals surface area (Å²) in [6.45, 7) is 4.84. The highest BCUT2D eigenvalue weighted by atomic mass is 16.1. The first-order chi connectivity index (χ1) is 10.7. The van der Waals surface area contributed by atoms with E-state index in [2.05, 4.69) is 27.1 Å². The van der Waals surface area contributed by atoms with Gasteiger partial charge < -0.3 is 16.0 Å². The van der Waals surface area contributed by atoms with Gasteiger partial charge in [-0.25, -0.2) is 9.97 Å². The highest BCUT2D eigenvalue weighted by molar-refractivity contribution is 6.10. The Morgan fingerprint density at radius 3 is 3.00 bits per heavy atom. The molecule has 1 saturated heterocycles. The summed E-state index contributed by atoms with van der Waals surface area (Å²) >= 11 is 0. The number of nitrogens with one attached hydrogen (secondary N) is 1. The fraction of sp³-hybridized carbons (Fsp3) is 0.312. The Balaban J connectivity index is 1.91. The molecule has 1 aliphatic rings. The van der Waals surface area contributed by atoms with Crippen molar-refractivity contribution in [3.8, 4) is 0 Å². The molecule has 1 aliphatic heterocycles. The first kappa shape index (κ1) is 14.5. The fourth-order valence-corrected chi connectivity index (χ4v) is 2.64. The highest BCUT2D eigenvalue weighted by Crippen LogP contribution is 2.19. The number of nitrogens with two attached hydrogens (primary N) is 1. The summed E-state index contributed by atoms with van der Waals surface area (Å²) < 4.78 is 0. The molecule has 6 nitrogen and oxygen atoms in total. The third kappa shape index (κ3) is 2.78. The third-order valence-corrected chi connectivity index (χ3v) is 3.85. The molecule has 1 fully saturated rings. The minimum Gasteiger partial charge on any atom is -0.383 e. The van der Waals surface area contributed by atoms with Crippen molar-refractivity contribution in [2.75, 3.05) is 30.3 Å². The number of hydrogen-bond acceptors (Lipinski definition) is 6. The van der Waals surface area contributed by atoms with Crippen LogP contribution in [0.3, 0.4) is 0 Å². The van der Waals surface area contributed by atoms with E-state index in [4.69, 9.17) is 5.73 Å². The molecule has 0 bridgehead atoms. The lowest BCUT2D eigenvalue weighted by Gasteiger charge is -2.35. The van der Waals surface area contributed by atoms with E-state index >= 15 is 0 Å². The molecule has 0 saturated carbocycles. The van der Waals surface area contributed by atoms with Crippen LogP contribution in [0.2, 0.25) is 0 Å². The van der Waals surface area contributed by atoms with Crippen LogP contribution in [-0.2, 0) is 0 Å². The zero-order valence-corrected chi connectivity index (χ0v) is 12.5. The molecular weight excluding hydrogens is 278 g/mol. The van der Waals surface area contributed by atoms with E-state index in [9.17, 15) is 4.79 Å². The van der Waals surface area contributed by atoms with Crippen molar-refractivity contribution in [3.05, 3.63) is 47.8 Å². The molecule has 2 aromatic rings. The molecule has 0 unspecified atom stereocenters. The number of carbonyl (C=O) groups excluding carboxylic acids is 1. The average molecular weight is 297 g/mol. The van der Waals surface area contributed by atoms with Gasteiger partial charge in [0.15, 0.2) is 0 Å². The second-order valence-corrected chi connectivity index (χ2v) is 5.39. The van der Waals surface area contributed by atoms with Gasteiger partial charge in [0.05, 0.1) is 5.56 Å². The van der Waals surface area contributed by atoms with E-state index in [1.54, 1.807) is 24.4 Å². The number of anilines is 2. The molecule has 6 heteroatoms. The van der Waals surface area contributed by atoms with Crippen LogP contribution < -0.4 is 16.0 Å². The molecule has 0 aromatic carbocycles. The van der Waals surface area contributed by atoms with E-state index in [1.807, 2.05) is 12.1 Å². The summed E-state index contributed by atoms with van der Waals surface area (Å²) in [4.78, 5) is 23.3. The first-order valence-electron chi connectivity index (χ1n) is 7.36. The standard InChI is InChI=1S/C16H19N5O/c1-11-10-18-8-9-21(11)14-6-2-5-13(20-14)15(22)12-4-3-7-19-16(12)17/h2-7,11,18H,8-10H2,1H3,(H2,17,19)/t11-/m0/s1. The molecule has 0 aliphatic carbocycles. The molecule has 0 spiro atoms. The van der Waals surface area contributed by atoms with Gasteiger partial charge in [0.2, 0.25) is 5.78 Å². The number of rotatable bonds is 3. The Morgan fingerprint density at radius 1 is 1.36 bits per heavy atom. The summed E-state index contributed by atoms with van der Waals surface area (Å²) in [6, 6.07) is 9.22. The quantitative estimate of drug-likeness (QED) is 0.825. The Kier molecular flexibility index (Phi) is 4.02. The van der Waals surface area contributed by atoms with Gasteiger partial charge >= 0.3 is 0 Å². The Morgan fingerprint density at radius 2 is 2.23 bits per heavy atom. The number of carbonyl (C=O) groups is 1. The molecule has 0 amide bonds. The van der Waals surface area contributed by atoms with Gasteiger partial charge in [-0.2, -0.15) is 0 Å². The lowest BCUT2D eigenvalue weighted by molar-refractivity contribution is 0.103. The largest absolute Gasteiger partial charge is 0.383 e. The summed E-state index contributed by atoms with van der Waals surface area (Å²) in [5, 5.41) is 3.34. The van der Waals surface area contributed by atoms with Crippen molar-refractivity contribution in [1.82, 2.24) is 15.3 Å². The number of aromatic nitrogens is 2. The molecule has 0 radical (unpaired) electrons. The van der Waals surface area contributed by atoms with Crippen LogP contribution in [-0.4, -0.2) is 41.4 Å². The zero-order chi connectivity index (χ0) is 15.5. The van der Waals surface area contributed by atoms with E-state index in [0.717, 1.165) is 25.5 Å². The highest BCUT2D eigenvalue weighted by Gasteiger charge is 2.21. The van der Waals surface area contributed by atoms with E-state index in [-0.39, 0.29) is 11.6 Å². The van der Waals surface area contributed by atoms with Crippen LogP contribution in [0.25, 0.3) is 0 Å². The number of nitrogens with zero attached hydrogens (tertiary/aromatic N) is 3. The SMILES string of the molecule is C[C@H]1CNCCN1c1cccc(C(=O)c2cccnc2N)n1. The zero-order valence-electron chi connectivity index (χ0n) is 12.5. The number of hydrogen-bond donors (Lipinski definition) is 2. The second-order valence-electron chi connectivity index (χ2n) is 5.39. The van der Waals surface area contributed by atoms with Crippen LogP contribution >= 0.6 is 0 Å². The van der Waals surface area contributed by atoms with Crippen molar-refractivity contribution >= 4 is 17.4 Å². The minimum atomic E-state index is -0.199. The molecule has 2 aromatic heterocycles. The van der Waals surface area contributed by atoms with Crippen molar-refractivity contribution in [3.63, 3.8) is 0 Å². The van der Waals surface area contributed by atoms with Gasteiger partial charge in [0.1, 0.15) is 17.3 Å². The predicted molar refractivity (Wildman–Crippen MR) is 86.0 cm³/mol. The monoisotopic (exact) mass is 297 g/mol. The summed E-state index contributed by atoms with van der Waals surface area (Å²) in [5.74, 6) is 0.854. The summed E-state index contributed by atoms with van der Waals surface area (Å²) in [5.41, 5.74) is 6.56. The van der Waals surface area contributed by atoms with Crippen molar-refractivity contribution in [2.45, 2.75) is 13.0 Å². The second kappa shape index (κ2) is 6.11. The third-order valence-electron chi connectivity index (χ3n) is 3.85. The fourth-order valence-electron chi connectivity index (χ4n) is 2.64. The molecule has 22 heavy (non-hydrogen) atoms. The maximum Gasteiger partial charge on any atom is 0.215 e. The van der Waals surface area contributed by atoms with Gasteiger partial charge in [-0.3, -0.25) is 4.79 Å². The van der Waals surface area contributed by atoms with Gasteiger partial charge in [-0.1, -0.05) is 6.07 Å². The molecule has 3 heterocycles. The Hall–Kier alpha value is -2.47. The minimum absolute atomic E-state index is 0.199. The smallest absolute Gasteiger partial charge is 0.215 e. The van der Waals surface area contributed by atoms with Crippen molar-refractivity contribution < 1.29 is 4.79 Å². The molecule has 1 atom stereocenters. The molecular formula is C16H19N5O. The molecule has 3 N–H and O–H groups in total. The van der Waals surface area contributed by atoms with Crippen molar-refractivity contribution in [2.24, 2.45) is 0 Å². The van der Waals surface area contributed by atoms with E-state index < -0.39 is 0 Å². The van der Waals surface area contributed by atoms with Gasteiger partial charge in [0, 0.05) is 31.9 Å². The number of piperazine rings is 1. The Labute approximate surface area is 129 Å². The topological polar surface area (TPSA) is 84.1 Å². The molecule has 114 valence electrons.